The monoisotopic (exact) mass is 516 g/mol. The molecule has 202 valence electrons. The number of carbonyl (C=O) groups is 4. The normalized spacial score (nSPS) is 17.8. The lowest BCUT2D eigenvalue weighted by atomic mass is 10.0. The van der Waals surface area contributed by atoms with Gasteiger partial charge in [-0.3, -0.25) is 14.4 Å². The first kappa shape index (κ1) is 28.1. The highest BCUT2D eigenvalue weighted by atomic mass is 16.4. The molecule has 2 heterocycles. The fourth-order valence-electron chi connectivity index (χ4n) is 4.60. The molecular formula is C25H36N6O6. The molecule has 12 nitrogen and oxygen atoms in total. The second kappa shape index (κ2) is 13.2. The van der Waals surface area contributed by atoms with Crippen molar-refractivity contribution in [3.8, 4) is 0 Å². The number of amides is 3. The van der Waals surface area contributed by atoms with Crippen LogP contribution in [-0.2, 0) is 25.6 Å². The molecule has 1 aliphatic heterocycles. The number of aromatic nitrogens is 1. The van der Waals surface area contributed by atoms with Crippen molar-refractivity contribution < 1.29 is 29.4 Å². The zero-order valence-corrected chi connectivity index (χ0v) is 20.7. The van der Waals surface area contributed by atoms with E-state index in [1.54, 1.807) is 6.20 Å². The predicted molar refractivity (Wildman–Crippen MR) is 136 cm³/mol. The maximum Gasteiger partial charge on any atom is 0.326 e. The molecule has 12 heteroatoms. The summed E-state index contributed by atoms with van der Waals surface area (Å²) in [4.78, 5) is 55.4. The van der Waals surface area contributed by atoms with E-state index in [0.717, 1.165) is 16.5 Å². The van der Waals surface area contributed by atoms with Gasteiger partial charge in [0.2, 0.25) is 17.7 Å². The molecule has 1 aromatic heterocycles. The van der Waals surface area contributed by atoms with Gasteiger partial charge < -0.3 is 42.2 Å². The Bertz CT molecular complexity index is 1100. The first-order valence-corrected chi connectivity index (χ1v) is 12.5. The van der Waals surface area contributed by atoms with Gasteiger partial charge in [0.1, 0.15) is 24.2 Å². The van der Waals surface area contributed by atoms with E-state index in [4.69, 9.17) is 11.5 Å². The number of aliphatic hydroxyl groups excluding tert-OH is 1. The molecule has 1 aromatic carbocycles. The number of carboxylic acid groups (broad SMARTS) is 1. The van der Waals surface area contributed by atoms with Gasteiger partial charge in [-0.2, -0.15) is 0 Å². The SMILES string of the molecule is NCCCCC(NC(=O)C(N)CO)C(=O)N1CCCC1C(=O)NC(Cc1c[nH]c2ccccc12)C(=O)O. The summed E-state index contributed by atoms with van der Waals surface area (Å²) >= 11 is 0. The third-order valence-electron chi connectivity index (χ3n) is 6.65. The molecule has 3 amide bonds. The number of nitrogens with two attached hydrogens (primary N) is 2. The zero-order chi connectivity index (χ0) is 26.9. The molecule has 1 fully saturated rings. The zero-order valence-electron chi connectivity index (χ0n) is 20.7. The third kappa shape index (κ3) is 7.06. The van der Waals surface area contributed by atoms with E-state index in [2.05, 4.69) is 15.6 Å². The van der Waals surface area contributed by atoms with Crippen LogP contribution < -0.4 is 22.1 Å². The smallest absolute Gasteiger partial charge is 0.326 e. The van der Waals surface area contributed by atoms with Crippen molar-refractivity contribution in [1.29, 1.82) is 0 Å². The van der Waals surface area contributed by atoms with Crippen LogP contribution in [0.1, 0.15) is 37.7 Å². The van der Waals surface area contributed by atoms with Gasteiger partial charge in [-0.15, -0.1) is 0 Å². The number of aliphatic carboxylic acids is 1. The number of H-pyrrole nitrogens is 1. The van der Waals surface area contributed by atoms with Crippen LogP contribution in [0.15, 0.2) is 30.5 Å². The molecule has 1 aliphatic rings. The predicted octanol–water partition coefficient (Wildman–Crippen LogP) is -0.796. The van der Waals surface area contributed by atoms with Gasteiger partial charge in [0.15, 0.2) is 0 Å². The van der Waals surface area contributed by atoms with Gasteiger partial charge in [-0.25, -0.2) is 4.79 Å². The molecule has 0 radical (unpaired) electrons. The van der Waals surface area contributed by atoms with Crippen molar-refractivity contribution >= 4 is 34.6 Å². The number of hydrogen-bond acceptors (Lipinski definition) is 7. The third-order valence-corrected chi connectivity index (χ3v) is 6.65. The summed E-state index contributed by atoms with van der Waals surface area (Å²) in [6.07, 6.45) is 4.23. The molecule has 1 saturated heterocycles. The topological polar surface area (TPSA) is 204 Å². The Morgan fingerprint density at radius 3 is 2.59 bits per heavy atom. The Labute approximate surface area is 214 Å². The number of rotatable bonds is 13. The molecule has 0 aliphatic carbocycles. The molecule has 0 saturated carbocycles. The van der Waals surface area contributed by atoms with E-state index in [-0.39, 0.29) is 6.42 Å². The highest BCUT2D eigenvalue weighted by Crippen LogP contribution is 2.22. The first-order chi connectivity index (χ1) is 17.8. The van der Waals surface area contributed by atoms with Crippen molar-refractivity contribution in [1.82, 2.24) is 20.5 Å². The van der Waals surface area contributed by atoms with E-state index < -0.39 is 54.5 Å². The van der Waals surface area contributed by atoms with Gasteiger partial charge in [0.25, 0.3) is 0 Å². The number of hydrogen-bond donors (Lipinski definition) is 7. The maximum absolute atomic E-state index is 13.4. The Kier molecular flexibility index (Phi) is 10.0. The second-order valence-corrected chi connectivity index (χ2v) is 9.29. The lowest BCUT2D eigenvalue weighted by molar-refractivity contribution is -0.145. The van der Waals surface area contributed by atoms with Crippen molar-refractivity contribution in [2.75, 3.05) is 19.7 Å². The number of nitrogens with one attached hydrogen (secondary N) is 3. The van der Waals surface area contributed by atoms with Crippen LogP contribution in [0.5, 0.6) is 0 Å². The van der Waals surface area contributed by atoms with E-state index in [9.17, 15) is 29.4 Å². The van der Waals surface area contributed by atoms with Gasteiger partial charge in [-0.05, 0) is 50.3 Å². The average molecular weight is 517 g/mol. The summed E-state index contributed by atoms with van der Waals surface area (Å²) in [5, 5.41) is 25.0. The first-order valence-electron chi connectivity index (χ1n) is 12.5. The van der Waals surface area contributed by atoms with Gasteiger partial charge in [-0.1, -0.05) is 18.2 Å². The quantitative estimate of drug-likeness (QED) is 0.168. The number of aromatic amines is 1. The summed E-state index contributed by atoms with van der Waals surface area (Å²) in [5.74, 6) is -2.85. The van der Waals surface area contributed by atoms with Crippen LogP contribution in [-0.4, -0.2) is 87.7 Å². The Morgan fingerprint density at radius 1 is 1.14 bits per heavy atom. The highest BCUT2D eigenvalue weighted by molar-refractivity contribution is 5.94. The summed E-state index contributed by atoms with van der Waals surface area (Å²) in [6.45, 7) is 0.149. The van der Waals surface area contributed by atoms with E-state index in [1.807, 2.05) is 24.3 Å². The number of fused-ring (bicyclic) bond motifs is 1. The van der Waals surface area contributed by atoms with Crippen molar-refractivity contribution in [2.24, 2.45) is 11.5 Å². The number of carbonyl (C=O) groups excluding carboxylic acids is 3. The Balaban J connectivity index is 1.71. The van der Waals surface area contributed by atoms with Crippen LogP contribution >= 0.6 is 0 Å². The van der Waals surface area contributed by atoms with Crippen molar-refractivity contribution in [3.05, 3.63) is 36.0 Å². The minimum Gasteiger partial charge on any atom is -0.480 e. The number of aliphatic hydroxyl groups is 1. The standard InChI is InChI=1S/C25H36N6O6/c26-10-4-3-8-19(29-22(33)17(27)14-32)24(35)31-11-5-9-21(31)23(34)30-20(25(36)37)12-15-13-28-18-7-2-1-6-16(15)18/h1-2,6-7,13,17,19-21,28,32H,3-5,8-12,14,26-27H2,(H,29,33)(H,30,34)(H,36,37). The van der Waals surface area contributed by atoms with Gasteiger partial charge in [0.05, 0.1) is 6.61 Å². The second-order valence-electron chi connectivity index (χ2n) is 9.29. The van der Waals surface area contributed by atoms with Crippen molar-refractivity contribution in [3.63, 3.8) is 0 Å². The molecule has 3 rings (SSSR count). The molecule has 4 atom stereocenters. The van der Waals surface area contributed by atoms with Crippen LogP contribution in [0.2, 0.25) is 0 Å². The van der Waals surface area contributed by atoms with Crippen molar-refractivity contribution in [2.45, 2.75) is 62.7 Å². The number of likely N-dealkylation sites (tertiary alicyclic amines) is 1. The van der Waals surface area contributed by atoms with Crippen LogP contribution in [0, 0.1) is 0 Å². The van der Waals surface area contributed by atoms with E-state index >= 15 is 0 Å². The minimum atomic E-state index is -1.19. The molecule has 37 heavy (non-hydrogen) atoms. The van der Waals surface area contributed by atoms with Crippen LogP contribution in [0.3, 0.4) is 0 Å². The largest absolute Gasteiger partial charge is 0.480 e. The van der Waals surface area contributed by atoms with Gasteiger partial charge >= 0.3 is 5.97 Å². The summed E-state index contributed by atoms with van der Waals surface area (Å²) in [6, 6.07) is 3.31. The number of benzene rings is 1. The summed E-state index contributed by atoms with van der Waals surface area (Å²) in [7, 11) is 0. The molecule has 2 aromatic rings. The van der Waals surface area contributed by atoms with E-state index in [1.165, 1.54) is 4.90 Å². The summed E-state index contributed by atoms with van der Waals surface area (Å²) < 4.78 is 0. The highest BCUT2D eigenvalue weighted by Gasteiger charge is 2.39. The fourth-order valence-corrected chi connectivity index (χ4v) is 4.60. The maximum atomic E-state index is 13.4. The Morgan fingerprint density at radius 2 is 1.89 bits per heavy atom. The lowest BCUT2D eigenvalue weighted by Crippen LogP contribution is -2.57. The number of para-hydroxylation sites is 1. The van der Waals surface area contributed by atoms with Crippen LogP contribution in [0.25, 0.3) is 10.9 Å². The summed E-state index contributed by atoms with van der Waals surface area (Å²) in [5.41, 5.74) is 12.8. The lowest BCUT2D eigenvalue weighted by Gasteiger charge is -2.30. The molecular weight excluding hydrogens is 480 g/mol. The average Bonchev–Trinajstić information content (AvgIpc) is 3.54. The fraction of sp³-hybridized carbons (Fsp3) is 0.520. The number of carboxylic acids is 1. The number of unbranched alkanes of at least 4 members (excludes halogenated alkanes) is 1. The molecule has 9 N–H and O–H groups in total. The molecule has 0 spiro atoms. The Hall–Kier alpha value is -3.48. The molecule has 0 bridgehead atoms. The van der Waals surface area contributed by atoms with E-state index in [0.29, 0.717) is 45.2 Å². The minimum absolute atomic E-state index is 0.0720. The van der Waals surface area contributed by atoms with Gasteiger partial charge in [0, 0.05) is 30.1 Å². The number of nitrogens with zero attached hydrogens (tertiary/aromatic N) is 1. The molecule has 4 unspecified atom stereocenters. The van der Waals surface area contributed by atoms with Crippen LogP contribution in [0.4, 0.5) is 0 Å².